The van der Waals surface area contributed by atoms with Crippen molar-refractivity contribution < 1.29 is 4.79 Å². The predicted octanol–water partition coefficient (Wildman–Crippen LogP) is 3.88. The number of carbonyl (C=O) groups excluding carboxylic acids is 1. The van der Waals surface area contributed by atoms with E-state index >= 15 is 0 Å². The van der Waals surface area contributed by atoms with E-state index < -0.39 is 0 Å². The second-order valence-corrected chi connectivity index (χ2v) is 7.73. The number of Topliss-reactive ketones (excluding diaryl/α,β-unsaturated/α-hetero) is 1. The number of hydrogen-bond acceptors (Lipinski definition) is 5. The number of pyridine rings is 1. The molecule has 0 aromatic carbocycles. The van der Waals surface area contributed by atoms with Crippen LogP contribution in [0, 0.1) is 0 Å². The van der Waals surface area contributed by atoms with Crippen LogP contribution in [-0.2, 0) is 37.0 Å². The van der Waals surface area contributed by atoms with Crippen molar-refractivity contribution in [1.82, 2.24) is 19.7 Å². The van der Waals surface area contributed by atoms with E-state index in [9.17, 15) is 4.79 Å². The molecule has 0 N–H and O–H groups in total. The number of nitrogens with zero attached hydrogens (tertiary/aromatic N) is 4. The first-order valence-corrected chi connectivity index (χ1v) is 9.95. The van der Waals surface area contributed by atoms with Crippen LogP contribution in [0.5, 0.6) is 0 Å². The van der Waals surface area contributed by atoms with Crippen molar-refractivity contribution >= 4 is 17.1 Å². The summed E-state index contributed by atoms with van der Waals surface area (Å²) in [7, 11) is 0. The van der Waals surface area contributed by atoms with Gasteiger partial charge in [0, 0.05) is 29.6 Å². The van der Waals surface area contributed by atoms with Crippen LogP contribution in [0.4, 0.5) is 0 Å². The molecular formula is C20H22N4OS. The molecule has 0 radical (unpaired) electrons. The van der Waals surface area contributed by atoms with Gasteiger partial charge in [-0.15, -0.1) is 11.3 Å². The number of ketones is 1. The van der Waals surface area contributed by atoms with Crippen molar-refractivity contribution in [2.75, 3.05) is 0 Å². The lowest BCUT2D eigenvalue weighted by atomic mass is 9.95. The summed E-state index contributed by atoms with van der Waals surface area (Å²) < 4.78 is 2.08. The Morgan fingerprint density at radius 2 is 2.12 bits per heavy atom. The van der Waals surface area contributed by atoms with Gasteiger partial charge in [0.1, 0.15) is 10.8 Å². The Hall–Kier alpha value is -2.34. The monoisotopic (exact) mass is 366 g/mol. The van der Waals surface area contributed by atoms with Gasteiger partial charge in [0.2, 0.25) is 0 Å². The molecule has 0 amide bonds. The highest BCUT2D eigenvalue weighted by Crippen LogP contribution is 2.41. The van der Waals surface area contributed by atoms with Gasteiger partial charge in [0.05, 0.1) is 28.4 Å². The molecule has 0 saturated carbocycles. The van der Waals surface area contributed by atoms with Gasteiger partial charge < -0.3 is 0 Å². The molecule has 0 bridgehead atoms. The van der Waals surface area contributed by atoms with Gasteiger partial charge in [-0.05, 0) is 45.2 Å². The molecule has 26 heavy (non-hydrogen) atoms. The van der Waals surface area contributed by atoms with Crippen LogP contribution in [0.2, 0.25) is 0 Å². The molecule has 0 aliphatic heterocycles. The number of carbonyl (C=O) groups is 1. The lowest BCUT2D eigenvalue weighted by molar-refractivity contribution is -0.116. The number of fused-ring (bicyclic) bond motifs is 3. The molecule has 134 valence electrons. The maximum atomic E-state index is 11.5. The molecule has 0 atom stereocenters. The first kappa shape index (κ1) is 17.1. The highest BCUT2D eigenvalue weighted by molar-refractivity contribution is 7.15. The Kier molecular flexibility index (Phi) is 4.44. The molecule has 3 aromatic heterocycles. The van der Waals surface area contributed by atoms with Crippen molar-refractivity contribution in [2.24, 2.45) is 0 Å². The third kappa shape index (κ3) is 2.88. The van der Waals surface area contributed by atoms with Crippen LogP contribution in [0.3, 0.4) is 0 Å². The molecule has 5 nitrogen and oxygen atoms in total. The maximum absolute atomic E-state index is 11.5. The van der Waals surface area contributed by atoms with Crippen molar-refractivity contribution in [3.63, 3.8) is 0 Å². The molecule has 3 heterocycles. The maximum Gasteiger partial charge on any atom is 0.136 e. The second-order valence-electron chi connectivity index (χ2n) is 6.65. The molecule has 6 heteroatoms. The minimum absolute atomic E-state index is 0.156. The number of aromatic nitrogens is 4. The van der Waals surface area contributed by atoms with Gasteiger partial charge >= 0.3 is 0 Å². The molecule has 1 aliphatic rings. The summed E-state index contributed by atoms with van der Waals surface area (Å²) in [6.07, 6.45) is 5.12. The minimum Gasteiger partial charge on any atom is -0.300 e. The Morgan fingerprint density at radius 3 is 2.77 bits per heavy atom. The quantitative estimate of drug-likeness (QED) is 0.687. The highest BCUT2D eigenvalue weighted by Gasteiger charge is 2.28. The Balaban J connectivity index is 1.82. The lowest BCUT2D eigenvalue weighted by Crippen LogP contribution is -2.06. The van der Waals surface area contributed by atoms with Gasteiger partial charge in [0.25, 0.3) is 0 Å². The van der Waals surface area contributed by atoms with Gasteiger partial charge in [-0.1, -0.05) is 6.92 Å². The van der Waals surface area contributed by atoms with E-state index in [0.717, 1.165) is 53.5 Å². The molecule has 0 spiro atoms. The average Bonchev–Trinajstić information content (AvgIpc) is 3.21. The fourth-order valence-electron chi connectivity index (χ4n) is 3.51. The zero-order valence-electron chi connectivity index (χ0n) is 15.4. The van der Waals surface area contributed by atoms with Crippen LogP contribution in [0.15, 0.2) is 18.3 Å². The van der Waals surface area contributed by atoms with Gasteiger partial charge in [-0.3, -0.25) is 14.5 Å². The van der Waals surface area contributed by atoms with E-state index in [0.29, 0.717) is 6.42 Å². The Labute approximate surface area is 157 Å². The van der Waals surface area contributed by atoms with Crippen LogP contribution in [0.1, 0.15) is 42.7 Å². The summed E-state index contributed by atoms with van der Waals surface area (Å²) in [6, 6.07) is 4.20. The standard InChI is InChI=1S/C20H22N4OS/c1-4-14-7-6-13(11-21-14)18-15-8-9-16-20(19(15)24(5-2)23-18)26-17(22-16)10-12(3)25/h6-7,11H,4-5,8-10H2,1-3H3. The number of aryl methyl sites for hydroxylation is 3. The predicted molar refractivity (Wildman–Crippen MR) is 103 cm³/mol. The third-order valence-corrected chi connectivity index (χ3v) is 5.88. The van der Waals surface area contributed by atoms with E-state index in [2.05, 4.69) is 35.6 Å². The molecule has 3 aromatic rings. The largest absolute Gasteiger partial charge is 0.300 e. The van der Waals surface area contributed by atoms with Crippen molar-refractivity contribution in [3.05, 3.63) is 40.3 Å². The SMILES string of the molecule is CCc1ccc(-c2nn(CC)c3c2CCc2nc(CC(C)=O)sc2-3)cn1. The summed E-state index contributed by atoms with van der Waals surface area (Å²) in [5.74, 6) is 0.156. The van der Waals surface area contributed by atoms with E-state index in [1.54, 1.807) is 18.3 Å². The number of hydrogen-bond donors (Lipinski definition) is 0. The van der Waals surface area contributed by atoms with E-state index in [-0.39, 0.29) is 5.78 Å². The minimum atomic E-state index is 0.156. The lowest BCUT2D eigenvalue weighted by Gasteiger charge is -2.13. The van der Waals surface area contributed by atoms with Crippen LogP contribution >= 0.6 is 11.3 Å². The molecule has 0 unspecified atom stereocenters. The molecule has 0 fully saturated rings. The molecular weight excluding hydrogens is 344 g/mol. The normalized spacial score (nSPS) is 12.7. The molecule has 1 aliphatic carbocycles. The summed E-state index contributed by atoms with van der Waals surface area (Å²) in [5.41, 5.74) is 6.77. The zero-order chi connectivity index (χ0) is 18.3. The average molecular weight is 366 g/mol. The first-order chi connectivity index (χ1) is 12.6. The summed E-state index contributed by atoms with van der Waals surface area (Å²) in [4.78, 5) is 21.9. The Morgan fingerprint density at radius 1 is 1.27 bits per heavy atom. The van der Waals surface area contributed by atoms with Crippen molar-refractivity contribution in [2.45, 2.75) is 53.0 Å². The summed E-state index contributed by atoms with van der Waals surface area (Å²) in [6.45, 7) is 6.65. The van der Waals surface area contributed by atoms with E-state index in [1.807, 2.05) is 6.20 Å². The first-order valence-electron chi connectivity index (χ1n) is 9.14. The summed E-state index contributed by atoms with van der Waals surface area (Å²) >= 11 is 1.64. The van der Waals surface area contributed by atoms with Crippen molar-refractivity contribution in [1.29, 1.82) is 0 Å². The molecule has 4 rings (SSSR count). The fraction of sp³-hybridized carbons (Fsp3) is 0.400. The number of thiazole rings is 1. The second kappa shape index (κ2) is 6.76. The van der Waals surface area contributed by atoms with Gasteiger partial charge in [0.15, 0.2) is 0 Å². The van der Waals surface area contributed by atoms with Crippen LogP contribution in [-0.4, -0.2) is 25.5 Å². The van der Waals surface area contributed by atoms with Gasteiger partial charge in [-0.2, -0.15) is 5.10 Å². The van der Waals surface area contributed by atoms with Crippen molar-refractivity contribution in [3.8, 4) is 21.8 Å². The highest BCUT2D eigenvalue weighted by atomic mass is 32.1. The third-order valence-electron chi connectivity index (χ3n) is 4.78. The summed E-state index contributed by atoms with van der Waals surface area (Å²) in [5, 5.41) is 5.81. The van der Waals surface area contributed by atoms with Gasteiger partial charge in [-0.25, -0.2) is 4.98 Å². The van der Waals surface area contributed by atoms with E-state index in [1.165, 1.54) is 16.1 Å². The van der Waals surface area contributed by atoms with Crippen LogP contribution in [0.25, 0.3) is 21.8 Å². The van der Waals surface area contributed by atoms with Crippen LogP contribution < -0.4 is 0 Å². The van der Waals surface area contributed by atoms with E-state index in [4.69, 9.17) is 10.1 Å². The number of rotatable bonds is 5. The topological polar surface area (TPSA) is 60.7 Å². The fourth-order valence-corrected chi connectivity index (χ4v) is 4.77. The molecule has 0 saturated heterocycles. The smallest absolute Gasteiger partial charge is 0.136 e. The Bertz CT molecular complexity index is 969. The zero-order valence-corrected chi connectivity index (χ0v) is 16.2.